The molecule has 5 saturated heterocycles. The van der Waals surface area contributed by atoms with E-state index >= 15 is 4.79 Å². The molecule has 9 aliphatic rings. The Balaban J connectivity index is 0.680. The Morgan fingerprint density at radius 2 is 1.53 bits per heavy atom. The SMILES string of the molecule is CC(C)n1cnc2cc(-c3ccc4c(c3)N(C3CC(N5CCCCC5)C3)C(=O)C43CCN(C(=O)C4C5CCC4CN(C(=O)C4CCN(c6ccc(C7CCC(=O)NC7=O)cn6)CC4)C5)CC3)nc(NC3CC3)c21. The van der Waals surface area contributed by atoms with Crippen molar-refractivity contribution in [2.24, 2.45) is 23.7 Å². The molecule has 0 radical (unpaired) electrons. The number of rotatable bonds is 10. The molecule has 16 nitrogen and oxygen atoms in total. The molecule has 3 saturated carbocycles. The number of carbonyl (C=O) groups excluding carboxylic acids is 5. The molecule has 5 amide bonds. The average Bonchev–Trinajstić information content (AvgIpc) is 3.98. The summed E-state index contributed by atoms with van der Waals surface area (Å²) in [6, 6.07) is 14.0. The molecule has 3 atom stereocenters. The van der Waals surface area contributed by atoms with Crippen LogP contribution in [-0.4, -0.2) is 134 Å². The largest absolute Gasteiger partial charge is 0.366 e. The number of pyridine rings is 2. The summed E-state index contributed by atoms with van der Waals surface area (Å²) in [4.78, 5) is 94.3. The summed E-state index contributed by atoms with van der Waals surface area (Å²) in [7, 11) is 0. The molecule has 1 spiro atoms. The first kappa shape index (κ1) is 46.9. The minimum absolute atomic E-state index is 0.0571. The van der Waals surface area contributed by atoms with Crippen molar-refractivity contribution in [3.05, 3.63) is 60.0 Å². The van der Waals surface area contributed by atoms with Crippen LogP contribution in [0.5, 0.6) is 0 Å². The van der Waals surface area contributed by atoms with Crippen molar-refractivity contribution in [1.82, 2.24) is 39.5 Å². The van der Waals surface area contributed by atoms with E-state index in [1.165, 1.54) is 19.3 Å². The van der Waals surface area contributed by atoms with Crippen LogP contribution in [-0.2, 0) is 29.4 Å². The van der Waals surface area contributed by atoms with E-state index in [1.807, 2.05) is 18.5 Å². The summed E-state index contributed by atoms with van der Waals surface area (Å²) in [6.07, 6.45) is 17.2. The number of hydrogen-bond acceptors (Lipinski definition) is 11. The second kappa shape index (κ2) is 18.5. The van der Waals surface area contributed by atoms with Crippen molar-refractivity contribution < 1.29 is 24.0 Å². The third kappa shape index (κ3) is 8.28. The number of hydrogen-bond donors (Lipinski definition) is 2. The van der Waals surface area contributed by atoms with Gasteiger partial charge in [-0.2, -0.15) is 0 Å². The first-order valence-electron chi connectivity index (χ1n) is 28.0. The number of piperidine rings is 5. The van der Waals surface area contributed by atoms with Crippen molar-refractivity contribution in [2.75, 3.05) is 67.5 Å². The van der Waals surface area contributed by atoms with E-state index in [0.29, 0.717) is 63.9 Å². The van der Waals surface area contributed by atoms with Crippen molar-refractivity contribution in [1.29, 1.82) is 0 Å². The number of anilines is 3. The van der Waals surface area contributed by atoms with Crippen LogP contribution in [0.2, 0.25) is 0 Å². The highest BCUT2D eigenvalue weighted by molar-refractivity contribution is 6.09. The summed E-state index contributed by atoms with van der Waals surface area (Å²) in [5.41, 5.74) is 6.08. The first-order valence-corrected chi connectivity index (χ1v) is 28.0. The van der Waals surface area contributed by atoms with E-state index in [2.05, 4.69) is 82.8 Å². The van der Waals surface area contributed by atoms with Crippen molar-refractivity contribution in [3.8, 4) is 11.3 Å². The van der Waals surface area contributed by atoms with Gasteiger partial charge in [-0.25, -0.2) is 15.0 Å². The van der Waals surface area contributed by atoms with Crippen LogP contribution in [0.25, 0.3) is 22.3 Å². The first-order chi connectivity index (χ1) is 35.5. The molecule has 6 aliphatic heterocycles. The molecule has 1 aromatic carbocycles. The molecule has 8 fully saturated rings. The summed E-state index contributed by atoms with van der Waals surface area (Å²) >= 11 is 0. The summed E-state index contributed by atoms with van der Waals surface area (Å²) < 4.78 is 2.20. The van der Waals surface area contributed by atoms with E-state index in [4.69, 9.17) is 9.97 Å². The lowest BCUT2D eigenvalue weighted by Crippen LogP contribution is -2.59. The molecule has 2 bridgehead atoms. The highest BCUT2D eigenvalue weighted by atomic mass is 16.2. The maximum absolute atomic E-state index is 15.3. The normalized spacial score (nSPS) is 28.5. The van der Waals surface area contributed by atoms with Crippen LogP contribution in [0.15, 0.2) is 48.9 Å². The van der Waals surface area contributed by atoms with Gasteiger partial charge in [-0.05, 0) is 152 Å². The van der Waals surface area contributed by atoms with Gasteiger partial charge in [0.15, 0.2) is 5.82 Å². The van der Waals surface area contributed by atoms with Gasteiger partial charge in [-0.15, -0.1) is 0 Å². The minimum atomic E-state index is -0.674. The van der Waals surface area contributed by atoms with Crippen LogP contribution in [0, 0.1) is 23.7 Å². The third-order valence-electron chi connectivity index (χ3n) is 19.0. The lowest BCUT2D eigenvalue weighted by atomic mass is 9.72. The van der Waals surface area contributed by atoms with E-state index in [9.17, 15) is 19.2 Å². The van der Waals surface area contributed by atoms with Crippen molar-refractivity contribution in [3.63, 3.8) is 0 Å². The zero-order valence-electron chi connectivity index (χ0n) is 42.6. The van der Waals surface area contributed by atoms with Crippen molar-refractivity contribution >= 4 is 57.9 Å². The zero-order chi connectivity index (χ0) is 49.7. The number of benzene rings is 1. The number of amides is 5. The van der Waals surface area contributed by atoms with Gasteiger partial charge in [0.05, 0.1) is 28.9 Å². The van der Waals surface area contributed by atoms with Gasteiger partial charge < -0.3 is 34.4 Å². The number of imidazole rings is 1. The third-order valence-corrected chi connectivity index (χ3v) is 19.0. The van der Waals surface area contributed by atoms with Crippen LogP contribution < -0.4 is 20.4 Å². The molecule has 3 unspecified atom stereocenters. The fourth-order valence-corrected chi connectivity index (χ4v) is 14.6. The molecule has 73 heavy (non-hydrogen) atoms. The Kier molecular flexibility index (Phi) is 11.9. The molecular formula is C57H71N11O5. The topological polar surface area (TPSA) is 169 Å². The van der Waals surface area contributed by atoms with Gasteiger partial charge in [0, 0.05) is 99.1 Å². The number of imide groups is 1. The predicted molar refractivity (Wildman–Crippen MR) is 278 cm³/mol. The van der Waals surface area contributed by atoms with E-state index < -0.39 is 5.41 Å². The van der Waals surface area contributed by atoms with Crippen LogP contribution >= 0.6 is 0 Å². The van der Waals surface area contributed by atoms with Gasteiger partial charge in [0.1, 0.15) is 11.3 Å². The zero-order valence-corrected chi connectivity index (χ0v) is 42.6. The number of nitrogens with zero attached hydrogens (tertiary/aromatic N) is 9. The number of nitrogens with one attached hydrogen (secondary N) is 2. The van der Waals surface area contributed by atoms with E-state index in [-0.39, 0.29) is 71.2 Å². The molecule has 3 aliphatic carbocycles. The van der Waals surface area contributed by atoms with E-state index in [1.54, 1.807) is 6.20 Å². The fourth-order valence-electron chi connectivity index (χ4n) is 14.6. The summed E-state index contributed by atoms with van der Waals surface area (Å²) in [5, 5.41) is 6.15. The van der Waals surface area contributed by atoms with E-state index in [0.717, 1.165) is 128 Å². The van der Waals surface area contributed by atoms with Crippen molar-refractivity contribution in [2.45, 2.75) is 146 Å². The molecule has 13 rings (SSSR count). The van der Waals surface area contributed by atoms with Gasteiger partial charge in [0.2, 0.25) is 29.5 Å². The second-order valence-electron chi connectivity index (χ2n) is 23.7. The van der Waals surface area contributed by atoms with Gasteiger partial charge in [-0.3, -0.25) is 29.3 Å². The Morgan fingerprint density at radius 3 is 2.22 bits per heavy atom. The summed E-state index contributed by atoms with van der Waals surface area (Å²) in [5.74, 6) is 1.67. The molecule has 16 heteroatoms. The van der Waals surface area contributed by atoms with Gasteiger partial charge in [0.25, 0.3) is 0 Å². The smallest absolute Gasteiger partial charge is 0.238 e. The lowest BCUT2D eigenvalue weighted by Gasteiger charge is -2.48. The predicted octanol–water partition coefficient (Wildman–Crippen LogP) is 6.79. The molecule has 9 heterocycles. The maximum Gasteiger partial charge on any atom is 0.238 e. The minimum Gasteiger partial charge on any atom is -0.366 e. The molecule has 4 aromatic rings. The van der Waals surface area contributed by atoms with Crippen LogP contribution in [0.3, 0.4) is 0 Å². The Morgan fingerprint density at radius 1 is 0.781 bits per heavy atom. The number of fused-ring (bicyclic) bond motifs is 5. The monoisotopic (exact) mass is 990 g/mol. The molecular weight excluding hydrogens is 919 g/mol. The maximum atomic E-state index is 15.3. The highest BCUT2D eigenvalue weighted by Gasteiger charge is 2.57. The van der Waals surface area contributed by atoms with Crippen LogP contribution in [0.1, 0.15) is 133 Å². The highest BCUT2D eigenvalue weighted by Crippen LogP contribution is 2.53. The standard InChI is InChI=1S/C57H71N11O5/c1-34(2)67-33-59-46-29-45(61-52(51(46)67)60-40-10-11-40)36-8-13-44-47(26-36)68(42-27-41(28-42)63-20-4-3-5-21-63)56(73)57(44)18-24-65(25-19-57)55(72)50-38-6-7-39(50)32-66(31-38)54(71)35-16-22-64(23-17-35)48-14-9-37(30-58-48)43-12-15-49(69)62-53(43)70/h8-9,13-14,26,29-30,33-35,38-43,50H,3-7,10-12,15-25,27-28,31-32H2,1-2H3,(H,60,61)(H,62,69,70). The molecule has 2 N–H and O–H groups in total. The Bertz CT molecular complexity index is 2820. The Labute approximate surface area is 428 Å². The van der Waals surface area contributed by atoms with Crippen LogP contribution in [0.4, 0.5) is 17.3 Å². The number of carbonyl (C=O) groups is 5. The van der Waals surface area contributed by atoms with Gasteiger partial charge >= 0.3 is 0 Å². The molecule has 384 valence electrons. The Hall–Kier alpha value is -5.90. The molecule has 3 aromatic heterocycles. The lowest BCUT2D eigenvalue weighted by molar-refractivity contribution is -0.148. The van der Waals surface area contributed by atoms with Gasteiger partial charge in [-0.1, -0.05) is 24.6 Å². The fraction of sp³-hybridized carbons (Fsp3) is 0.614. The second-order valence-corrected chi connectivity index (χ2v) is 23.7. The summed E-state index contributed by atoms with van der Waals surface area (Å²) in [6.45, 7) is 10.5. The quantitative estimate of drug-likeness (QED) is 0.161. The number of likely N-dealkylation sites (tertiary alicyclic amines) is 3. The number of aromatic nitrogens is 4. The average molecular weight is 990 g/mol.